The van der Waals surface area contributed by atoms with Crippen molar-refractivity contribution in [2.45, 2.75) is 12.7 Å². The summed E-state index contributed by atoms with van der Waals surface area (Å²) in [5, 5.41) is 13.4. The molecule has 1 aromatic carbocycles. The molecule has 0 radical (unpaired) electrons. The Kier molecular flexibility index (Phi) is 2.20. The fraction of sp³-hybridized carbons (Fsp3) is 0.222. The lowest BCUT2D eigenvalue weighted by Crippen LogP contribution is -2.06. The summed E-state index contributed by atoms with van der Waals surface area (Å²) >= 11 is 5.93. The molecule has 1 aromatic rings. The molecule has 1 N–H and O–H groups in total. The predicted octanol–water partition coefficient (Wildman–Crippen LogP) is 1.78. The van der Waals surface area contributed by atoms with Crippen LogP contribution in [0.3, 0.4) is 0 Å². The van der Waals surface area contributed by atoms with Crippen LogP contribution < -0.4 is 0 Å². The van der Waals surface area contributed by atoms with Crippen molar-refractivity contribution in [1.29, 1.82) is 0 Å². The van der Waals surface area contributed by atoms with E-state index in [9.17, 15) is 0 Å². The van der Waals surface area contributed by atoms with E-state index in [1.165, 1.54) is 0 Å². The van der Waals surface area contributed by atoms with Crippen LogP contribution in [0.1, 0.15) is 12.0 Å². The quantitative estimate of drug-likeness (QED) is 0.746. The second kappa shape index (κ2) is 3.36. The second-order valence-electron chi connectivity index (χ2n) is 2.78. The molecule has 1 unspecified atom stereocenters. The summed E-state index contributed by atoms with van der Waals surface area (Å²) in [6, 6.07) is 7.35. The van der Waals surface area contributed by atoms with E-state index in [-0.39, 0.29) is 0 Å². The van der Waals surface area contributed by atoms with Gasteiger partial charge in [-0.25, -0.2) is 0 Å². The number of halogens is 1. The zero-order chi connectivity index (χ0) is 9.26. The van der Waals surface area contributed by atoms with Crippen LogP contribution in [-0.4, -0.2) is 17.1 Å². The normalized spacial score (nSPS) is 21.1. The minimum absolute atomic E-state index is 0.393. The van der Waals surface area contributed by atoms with Crippen LogP contribution in [0.4, 0.5) is 0 Å². The fourth-order valence-electron chi connectivity index (χ4n) is 1.22. The molecule has 0 aliphatic carbocycles. The van der Waals surface area contributed by atoms with Crippen LogP contribution in [0.2, 0.25) is 5.02 Å². The van der Waals surface area contributed by atoms with E-state index in [1.54, 1.807) is 6.07 Å². The molecule has 0 aromatic heterocycles. The molecule has 13 heavy (non-hydrogen) atoms. The maximum absolute atomic E-state index is 9.07. The lowest BCUT2D eigenvalue weighted by molar-refractivity contribution is -0.0762. The average molecular weight is 198 g/mol. The van der Waals surface area contributed by atoms with Crippen LogP contribution >= 0.6 is 11.6 Å². The van der Waals surface area contributed by atoms with E-state index in [4.69, 9.17) is 16.7 Å². The topological polar surface area (TPSA) is 41.8 Å². The van der Waals surface area contributed by atoms with E-state index in [2.05, 4.69) is 9.99 Å². The van der Waals surface area contributed by atoms with Crippen molar-refractivity contribution >= 4 is 17.3 Å². The number of benzene rings is 1. The molecular weight excluding hydrogens is 190 g/mol. The summed E-state index contributed by atoms with van der Waals surface area (Å²) in [6.07, 6.45) is -0.435. The molecule has 0 spiro atoms. The summed E-state index contributed by atoms with van der Waals surface area (Å²) in [5.74, 6) is 0. The maximum Gasteiger partial charge on any atom is 0.230 e. The molecule has 0 saturated heterocycles. The van der Waals surface area contributed by atoms with Crippen LogP contribution in [0, 0.1) is 0 Å². The van der Waals surface area contributed by atoms with Crippen molar-refractivity contribution in [1.82, 2.24) is 0 Å². The van der Waals surface area contributed by atoms with Gasteiger partial charge in [0, 0.05) is 10.6 Å². The lowest BCUT2D eigenvalue weighted by Gasteiger charge is -2.00. The van der Waals surface area contributed by atoms with E-state index >= 15 is 0 Å². The van der Waals surface area contributed by atoms with Crippen molar-refractivity contribution in [3.05, 3.63) is 34.9 Å². The van der Waals surface area contributed by atoms with Gasteiger partial charge in [0.25, 0.3) is 0 Å². The molecule has 1 atom stereocenters. The van der Waals surface area contributed by atoms with E-state index in [1.807, 2.05) is 18.2 Å². The molecule has 1 heterocycles. The van der Waals surface area contributed by atoms with Gasteiger partial charge < -0.3 is 9.94 Å². The molecule has 4 heteroatoms. The van der Waals surface area contributed by atoms with Gasteiger partial charge in [-0.05, 0) is 6.07 Å². The fourth-order valence-corrected chi connectivity index (χ4v) is 1.46. The highest BCUT2D eigenvalue weighted by atomic mass is 35.5. The number of aliphatic hydroxyl groups is 1. The second-order valence-corrected chi connectivity index (χ2v) is 3.19. The van der Waals surface area contributed by atoms with Gasteiger partial charge in [0.2, 0.25) is 6.29 Å². The molecule has 68 valence electrons. The Morgan fingerprint density at radius 1 is 1.46 bits per heavy atom. The summed E-state index contributed by atoms with van der Waals surface area (Å²) in [4.78, 5) is 4.66. The Morgan fingerprint density at radius 2 is 2.23 bits per heavy atom. The first-order valence-corrected chi connectivity index (χ1v) is 4.31. The molecule has 0 bridgehead atoms. The largest absolute Gasteiger partial charge is 0.363 e. The van der Waals surface area contributed by atoms with Crippen LogP contribution in [0.25, 0.3) is 0 Å². The van der Waals surface area contributed by atoms with Crippen molar-refractivity contribution in [2.75, 3.05) is 0 Å². The first-order chi connectivity index (χ1) is 6.27. The molecular formula is C9H8ClNO2. The van der Waals surface area contributed by atoms with E-state index in [0.29, 0.717) is 17.2 Å². The average Bonchev–Trinajstić information content (AvgIpc) is 2.53. The number of hydrogen-bond acceptors (Lipinski definition) is 3. The van der Waals surface area contributed by atoms with Gasteiger partial charge in [-0.1, -0.05) is 35.0 Å². The molecule has 0 amide bonds. The van der Waals surface area contributed by atoms with Gasteiger partial charge in [-0.3, -0.25) is 0 Å². The van der Waals surface area contributed by atoms with Gasteiger partial charge >= 0.3 is 0 Å². The van der Waals surface area contributed by atoms with Crippen LogP contribution in [0.15, 0.2) is 29.4 Å². The smallest absolute Gasteiger partial charge is 0.230 e. The van der Waals surface area contributed by atoms with Gasteiger partial charge in [0.05, 0.1) is 12.1 Å². The Labute approximate surface area is 80.6 Å². The molecule has 0 saturated carbocycles. The lowest BCUT2D eigenvalue weighted by atomic mass is 10.1. The van der Waals surface area contributed by atoms with Gasteiger partial charge in [-0.2, -0.15) is 0 Å². The maximum atomic E-state index is 9.07. The summed E-state index contributed by atoms with van der Waals surface area (Å²) < 4.78 is 0. The minimum atomic E-state index is -0.828. The first-order valence-electron chi connectivity index (χ1n) is 3.93. The highest BCUT2D eigenvalue weighted by molar-refractivity contribution is 6.34. The van der Waals surface area contributed by atoms with Crippen LogP contribution in [-0.2, 0) is 4.84 Å². The SMILES string of the molecule is OC1CC(c2ccccc2Cl)=NO1. The van der Waals surface area contributed by atoms with Crippen molar-refractivity contribution in [3.63, 3.8) is 0 Å². The molecule has 3 nitrogen and oxygen atoms in total. The monoisotopic (exact) mass is 197 g/mol. The number of oxime groups is 1. The number of rotatable bonds is 1. The van der Waals surface area contributed by atoms with Gasteiger partial charge in [0.1, 0.15) is 0 Å². The number of nitrogens with zero attached hydrogens (tertiary/aromatic N) is 1. The Balaban J connectivity index is 2.31. The van der Waals surface area contributed by atoms with Crippen molar-refractivity contribution in [2.24, 2.45) is 5.16 Å². The molecule has 1 aliphatic heterocycles. The zero-order valence-corrected chi connectivity index (χ0v) is 7.53. The molecule has 2 rings (SSSR count). The standard InChI is InChI=1S/C9H8ClNO2/c10-7-4-2-1-3-6(7)8-5-9(12)13-11-8/h1-4,9,12H,5H2. The Bertz CT molecular complexity index is 351. The third-order valence-corrected chi connectivity index (χ3v) is 2.17. The van der Waals surface area contributed by atoms with Crippen molar-refractivity contribution in [3.8, 4) is 0 Å². The third kappa shape index (κ3) is 1.66. The highest BCUT2D eigenvalue weighted by Crippen LogP contribution is 2.21. The molecule has 1 aliphatic rings. The number of hydrogen-bond donors (Lipinski definition) is 1. The van der Waals surface area contributed by atoms with E-state index in [0.717, 1.165) is 5.56 Å². The van der Waals surface area contributed by atoms with E-state index < -0.39 is 6.29 Å². The van der Waals surface area contributed by atoms with Gasteiger partial charge in [-0.15, -0.1) is 0 Å². The van der Waals surface area contributed by atoms with Gasteiger partial charge in [0.15, 0.2) is 0 Å². The van der Waals surface area contributed by atoms with Crippen molar-refractivity contribution < 1.29 is 9.94 Å². The highest BCUT2D eigenvalue weighted by Gasteiger charge is 2.20. The number of aliphatic hydroxyl groups excluding tert-OH is 1. The van der Waals surface area contributed by atoms with Crippen LogP contribution in [0.5, 0.6) is 0 Å². The third-order valence-electron chi connectivity index (χ3n) is 1.84. The summed E-state index contributed by atoms with van der Waals surface area (Å²) in [7, 11) is 0. The molecule has 0 fully saturated rings. The zero-order valence-electron chi connectivity index (χ0n) is 6.77. The Morgan fingerprint density at radius 3 is 2.85 bits per heavy atom. The predicted molar refractivity (Wildman–Crippen MR) is 49.7 cm³/mol. The Hall–Kier alpha value is -1.06. The first kappa shape index (κ1) is 8.53. The minimum Gasteiger partial charge on any atom is -0.363 e. The summed E-state index contributed by atoms with van der Waals surface area (Å²) in [5.41, 5.74) is 1.51. The summed E-state index contributed by atoms with van der Waals surface area (Å²) in [6.45, 7) is 0.